The third-order valence-corrected chi connectivity index (χ3v) is 6.04. The quantitative estimate of drug-likeness (QED) is 0.835. The van der Waals surface area contributed by atoms with E-state index in [1.165, 1.54) is 10.6 Å². The Labute approximate surface area is 150 Å². The molecule has 1 N–H and O–H groups in total. The Morgan fingerprint density at radius 3 is 2.72 bits per heavy atom. The average molecular weight is 368 g/mol. The van der Waals surface area contributed by atoms with Crippen molar-refractivity contribution in [1.29, 1.82) is 0 Å². The molecule has 1 saturated heterocycles. The normalized spacial score (nSPS) is 20.1. The smallest absolute Gasteiger partial charge is 0.224 e. The van der Waals surface area contributed by atoms with Crippen molar-refractivity contribution in [2.75, 3.05) is 26.5 Å². The SMILES string of the molecule is CC[C@H](NC(=O)[C@@H]1CCCN(S(C)(=O)=O)C1)c1ccc(OC)c(C)c1. The number of rotatable bonds is 6. The van der Waals surface area contributed by atoms with E-state index in [9.17, 15) is 13.2 Å². The van der Waals surface area contributed by atoms with Gasteiger partial charge in [-0.1, -0.05) is 19.1 Å². The molecule has 140 valence electrons. The fraction of sp³-hybridized carbons (Fsp3) is 0.611. The third-order valence-electron chi connectivity index (χ3n) is 4.77. The molecule has 1 aromatic carbocycles. The van der Waals surface area contributed by atoms with Gasteiger partial charge in [-0.15, -0.1) is 0 Å². The molecule has 25 heavy (non-hydrogen) atoms. The minimum absolute atomic E-state index is 0.0753. The maximum atomic E-state index is 12.7. The number of carbonyl (C=O) groups is 1. The van der Waals surface area contributed by atoms with Crippen LogP contribution in [0.4, 0.5) is 0 Å². The number of nitrogens with zero attached hydrogens (tertiary/aromatic N) is 1. The van der Waals surface area contributed by atoms with E-state index in [0.29, 0.717) is 13.0 Å². The van der Waals surface area contributed by atoms with Crippen LogP contribution in [0.3, 0.4) is 0 Å². The van der Waals surface area contributed by atoms with E-state index >= 15 is 0 Å². The molecule has 6 nitrogen and oxygen atoms in total. The summed E-state index contributed by atoms with van der Waals surface area (Å²) in [5, 5.41) is 3.09. The van der Waals surface area contributed by atoms with E-state index < -0.39 is 10.0 Å². The van der Waals surface area contributed by atoms with Crippen LogP contribution in [0.25, 0.3) is 0 Å². The first-order chi connectivity index (χ1) is 11.8. The topological polar surface area (TPSA) is 75.7 Å². The van der Waals surface area contributed by atoms with Crippen molar-refractivity contribution in [1.82, 2.24) is 9.62 Å². The van der Waals surface area contributed by atoms with Crippen LogP contribution in [0.5, 0.6) is 5.75 Å². The van der Waals surface area contributed by atoms with Gasteiger partial charge in [0.1, 0.15) is 5.75 Å². The monoisotopic (exact) mass is 368 g/mol. The highest BCUT2D eigenvalue weighted by molar-refractivity contribution is 7.88. The highest BCUT2D eigenvalue weighted by Crippen LogP contribution is 2.25. The fourth-order valence-electron chi connectivity index (χ4n) is 3.29. The molecule has 2 atom stereocenters. The van der Waals surface area contributed by atoms with E-state index in [1.807, 2.05) is 32.0 Å². The molecular formula is C18H28N2O4S. The van der Waals surface area contributed by atoms with Gasteiger partial charge in [-0.2, -0.15) is 0 Å². The lowest BCUT2D eigenvalue weighted by Crippen LogP contribution is -2.45. The van der Waals surface area contributed by atoms with Gasteiger partial charge >= 0.3 is 0 Å². The molecule has 1 amide bonds. The first kappa shape index (κ1) is 19.7. The lowest BCUT2D eigenvalue weighted by molar-refractivity contribution is -0.126. The fourth-order valence-corrected chi connectivity index (χ4v) is 4.20. The molecule has 7 heteroatoms. The summed E-state index contributed by atoms with van der Waals surface area (Å²) in [5.41, 5.74) is 2.05. The summed E-state index contributed by atoms with van der Waals surface area (Å²) < 4.78 is 30.2. The maximum absolute atomic E-state index is 12.7. The van der Waals surface area contributed by atoms with Gasteiger partial charge in [0.05, 0.1) is 25.3 Å². The molecule has 0 unspecified atom stereocenters. The number of methoxy groups -OCH3 is 1. The second-order valence-electron chi connectivity index (χ2n) is 6.66. The summed E-state index contributed by atoms with van der Waals surface area (Å²) in [6, 6.07) is 5.80. The molecule has 1 aromatic rings. The Morgan fingerprint density at radius 1 is 1.44 bits per heavy atom. The number of amides is 1. The highest BCUT2D eigenvalue weighted by atomic mass is 32.2. The van der Waals surface area contributed by atoms with Crippen molar-refractivity contribution < 1.29 is 17.9 Å². The number of ether oxygens (including phenoxy) is 1. The Balaban J connectivity index is 2.08. The zero-order valence-corrected chi connectivity index (χ0v) is 16.2. The van der Waals surface area contributed by atoms with E-state index in [0.717, 1.165) is 29.7 Å². The van der Waals surface area contributed by atoms with E-state index in [2.05, 4.69) is 5.32 Å². The number of hydrogen-bond donors (Lipinski definition) is 1. The average Bonchev–Trinajstić information content (AvgIpc) is 2.58. The van der Waals surface area contributed by atoms with Crippen molar-refractivity contribution in [2.24, 2.45) is 5.92 Å². The molecule has 1 aliphatic rings. The molecule has 2 rings (SSSR count). The predicted octanol–water partition coefficient (Wildman–Crippen LogP) is 2.24. The second-order valence-corrected chi connectivity index (χ2v) is 8.64. The van der Waals surface area contributed by atoms with Gasteiger partial charge in [0.2, 0.25) is 15.9 Å². The molecule has 0 saturated carbocycles. The summed E-state index contributed by atoms with van der Waals surface area (Å²) in [6.07, 6.45) is 3.39. The lowest BCUT2D eigenvalue weighted by atomic mass is 9.96. The van der Waals surface area contributed by atoms with Gasteiger partial charge in [0, 0.05) is 13.1 Å². The van der Waals surface area contributed by atoms with Gasteiger partial charge in [0.15, 0.2) is 0 Å². The van der Waals surface area contributed by atoms with Crippen molar-refractivity contribution in [2.45, 2.75) is 39.2 Å². The molecule has 1 aliphatic heterocycles. The van der Waals surface area contributed by atoms with Gasteiger partial charge in [-0.3, -0.25) is 4.79 Å². The summed E-state index contributed by atoms with van der Waals surface area (Å²) in [5.74, 6) is 0.451. The van der Waals surface area contributed by atoms with E-state index in [4.69, 9.17) is 4.74 Å². The van der Waals surface area contributed by atoms with Crippen LogP contribution in [0.2, 0.25) is 0 Å². The van der Waals surface area contributed by atoms with Crippen LogP contribution >= 0.6 is 0 Å². The number of carbonyl (C=O) groups excluding carboxylic acids is 1. The van der Waals surface area contributed by atoms with Crippen molar-refractivity contribution in [3.05, 3.63) is 29.3 Å². The number of piperidine rings is 1. The van der Waals surface area contributed by atoms with Crippen molar-refractivity contribution in [3.63, 3.8) is 0 Å². The Morgan fingerprint density at radius 2 is 2.16 bits per heavy atom. The summed E-state index contributed by atoms with van der Waals surface area (Å²) >= 11 is 0. The van der Waals surface area contributed by atoms with Crippen LogP contribution in [-0.4, -0.2) is 45.1 Å². The number of nitrogens with one attached hydrogen (secondary N) is 1. The number of aryl methyl sites for hydroxylation is 1. The van der Waals surface area contributed by atoms with E-state index in [1.54, 1.807) is 7.11 Å². The maximum Gasteiger partial charge on any atom is 0.224 e. The molecule has 1 fully saturated rings. The molecule has 0 spiro atoms. The zero-order chi connectivity index (χ0) is 18.6. The van der Waals surface area contributed by atoms with Gasteiger partial charge in [0.25, 0.3) is 0 Å². The minimum Gasteiger partial charge on any atom is -0.496 e. The summed E-state index contributed by atoms with van der Waals surface area (Å²) in [7, 11) is -1.62. The standard InChI is InChI=1S/C18H28N2O4S/c1-5-16(14-8-9-17(24-3)13(2)11-14)19-18(21)15-7-6-10-20(12-15)25(4,22)23/h8-9,11,15-16H,5-7,10,12H2,1-4H3,(H,19,21)/t15-,16+/m1/s1. The molecule has 0 aromatic heterocycles. The second kappa shape index (κ2) is 8.19. The highest BCUT2D eigenvalue weighted by Gasteiger charge is 2.31. The number of sulfonamides is 1. The van der Waals surface area contributed by atoms with E-state index in [-0.39, 0.29) is 24.4 Å². The van der Waals surface area contributed by atoms with Gasteiger partial charge < -0.3 is 10.1 Å². The number of benzene rings is 1. The molecule has 0 bridgehead atoms. The minimum atomic E-state index is -3.25. The Kier molecular flexibility index (Phi) is 6.46. The van der Waals surface area contributed by atoms with Crippen molar-refractivity contribution >= 4 is 15.9 Å². The largest absolute Gasteiger partial charge is 0.496 e. The van der Waals surface area contributed by atoms with Crippen LogP contribution in [0, 0.1) is 12.8 Å². The molecule has 0 radical (unpaired) electrons. The predicted molar refractivity (Wildman–Crippen MR) is 98.0 cm³/mol. The Hall–Kier alpha value is -1.60. The third kappa shape index (κ3) is 4.95. The van der Waals surface area contributed by atoms with Crippen LogP contribution in [0.1, 0.15) is 43.4 Å². The van der Waals surface area contributed by atoms with Crippen LogP contribution in [-0.2, 0) is 14.8 Å². The van der Waals surface area contributed by atoms with Gasteiger partial charge in [-0.25, -0.2) is 12.7 Å². The summed E-state index contributed by atoms with van der Waals surface area (Å²) in [4.78, 5) is 12.7. The first-order valence-electron chi connectivity index (χ1n) is 8.66. The first-order valence-corrected chi connectivity index (χ1v) is 10.5. The molecule has 1 heterocycles. The Bertz CT molecular complexity index is 718. The lowest BCUT2D eigenvalue weighted by Gasteiger charge is -2.31. The number of hydrogen-bond acceptors (Lipinski definition) is 4. The molecular weight excluding hydrogens is 340 g/mol. The van der Waals surface area contributed by atoms with Crippen LogP contribution in [0.15, 0.2) is 18.2 Å². The van der Waals surface area contributed by atoms with Crippen LogP contribution < -0.4 is 10.1 Å². The van der Waals surface area contributed by atoms with Gasteiger partial charge in [-0.05, 0) is 43.4 Å². The zero-order valence-electron chi connectivity index (χ0n) is 15.4. The summed E-state index contributed by atoms with van der Waals surface area (Å²) in [6.45, 7) is 4.76. The van der Waals surface area contributed by atoms with Crippen molar-refractivity contribution in [3.8, 4) is 5.75 Å². The molecule has 0 aliphatic carbocycles.